The second-order valence-corrected chi connectivity index (χ2v) is 23.9. The Kier molecular flexibility index (Phi) is 22.8. The Hall–Kier alpha value is 1.07. The molecule has 0 bridgehead atoms. The molecule has 0 heterocycles. The van der Waals surface area contributed by atoms with Gasteiger partial charge >= 0.3 is 51.8 Å². The molecule has 0 aliphatic rings. The fourth-order valence-corrected chi connectivity index (χ4v) is 9.06. The molecule has 0 aromatic heterocycles. The molecule has 4 nitrogen and oxygen atoms in total. The van der Waals surface area contributed by atoms with Crippen molar-refractivity contribution in [1.82, 2.24) is 0 Å². The number of rotatable bonds is 3. The first-order valence-corrected chi connectivity index (χ1v) is 18.9. The molecule has 0 rings (SSSR count). The first kappa shape index (κ1) is 30.0. The van der Waals surface area contributed by atoms with Crippen LogP contribution < -0.4 is 0 Å². The third-order valence-corrected chi connectivity index (χ3v) is 13.4. The van der Waals surface area contributed by atoms with Crippen LogP contribution >= 0.6 is 0 Å². The van der Waals surface area contributed by atoms with Crippen molar-refractivity contribution in [2.24, 2.45) is 3.00 Å². The molecule has 0 N–H and O–H groups in total. The first-order chi connectivity index (χ1) is 9.10. The van der Waals surface area contributed by atoms with Gasteiger partial charge in [0.25, 0.3) is 0 Å². The standard InChI is InChI=1S/C6H18NSi2.C3H9NSi.2C2H6N.Ta/c1-8(2,3)7-9(4,5)6;1-5(2,3)4;2*1-3-2;/h1-6H3;1-3H3;2*1-2H3;/q-1;;2*-1;. The van der Waals surface area contributed by atoms with Crippen LogP contribution in [0.25, 0.3) is 15.3 Å². The molecule has 0 aliphatic carbocycles. The molecule has 0 spiro atoms. The number of hydrogen-bond acceptors (Lipinski definition) is 1. The summed E-state index contributed by atoms with van der Waals surface area (Å²) >= 11 is 1.21. The minimum absolute atomic E-state index is 0.957. The van der Waals surface area contributed by atoms with Crippen LogP contribution in [0.3, 0.4) is 0 Å². The van der Waals surface area contributed by atoms with Crippen molar-refractivity contribution < 1.29 is 20.9 Å². The summed E-state index contributed by atoms with van der Waals surface area (Å²) < 4.78 is 9.09. The van der Waals surface area contributed by atoms with Crippen molar-refractivity contribution in [2.45, 2.75) is 58.9 Å². The summed E-state index contributed by atoms with van der Waals surface area (Å²) in [7, 11) is 3.83. The Morgan fingerprint density at radius 2 is 0.762 bits per heavy atom. The summed E-state index contributed by atoms with van der Waals surface area (Å²) in [6, 6.07) is 0. The summed E-state index contributed by atoms with van der Waals surface area (Å²) in [5.41, 5.74) is 0. The van der Waals surface area contributed by atoms with Gasteiger partial charge in [0, 0.05) is 0 Å². The van der Waals surface area contributed by atoms with Crippen molar-refractivity contribution in [1.29, 1.82) is 0 Å². The van der Waals surface area contributed by atoms with Crippen LogP contribution in [-0.4, -0.2) is 52.9 Å². The zero-order valence-corrected chi connectivity index (χ0v) is 22.9. The van der Waals surface area contributed by atoms with Crippen LogP contribution in [0.5, 0.6) is 0 Å². The van der Waals surface area contributed by atoms with Crippen LogP contribution in [0, 0.1) is 0 Å². The summed E-state index contributed by atoms with van der Waals surface area (Å²) in [6.07, 6.45) is 0. The third kappa shape index (κ3) is 75.6. The molecule has 131 valence electrons. The van der Waals surface area contributed by atoms with Gasteiger partial charge in [-0.05, 0) is 0 Å². The van der Waals surface area contributed by atoms with Crippen LogP contribution in [0.4, 0.5) is 0 Å². The van der Waals surface area contributed by atoms with E-state index in [2.05, 4.69) is 72.6 Å². The molecule has 0 radical (unpaired) electrons. The predicted molar refractivity (Wildman–Crippen MR) is 106 cm³/mol. The molecule has 8 heteroatoms. The molecular weight excluding hydrogens is 477 g/mol. The zero-order chi connectivity index (χ0) is 18.3. The van der Waals surface area contributed by atoms with E-state index < -0.39 is 24.7 Å². The van der Waals surface area contributed by atoms with Gasteiger partial charge in [0.05, 0.1) is 0 Å². The molecule has 0 aromatic carbocycles. The van der Waals surface area contributed by atoms with Crippen LogP contribution in [0.15, 0.2) is 3.00 Å². The third-order valence-electron chi connectivity index (χ3n) is 0.971. The van der Waals surface area contributed by atoms with Crippen molar-refractivity contribution in [3.8, 4) is 0 Å². The van der Waals surface area contributed by atoms with Gasteiger partial charge in [0.15, 0.2) is 0 Å². The summed E-state index contributed by atoms with van der Waals surface area (Å²) in [4.78, 5) is 0. The molecule has 0 saturated heterocycles. The fraction of sp³-hybridized carbons (Fsp3) is 1.00. The second-order valence-electron chi connectivity index (χ2n) is 7.62. The van der Waals surface area contributed by atoms with Crippen molar-refractivity contribution in [2.75, 3.05) is 28.2 Å². The van der Waals surface area contributed by atoms with Crippen molar-refractivity contribution in [3.63, 3.8) is 0 Å². The Bertz CT molecular complexity index is 207. The average molecular weight is 517 g/mol. The second kappa shape index (κ2) is 15.9. The summed E-state index contributed by atoms with van der Waals surface area (Å²) in [5.74, 6) is 0. The molecule has 0 aromatic rings. The molecular formula is C13H39N4Si3Ta-3. The van der Waals surface area contributed by atoms with E-state index in [1.807, 2.05) is 0 Å². The first-order valence-electron chi connectivity index (χ1n) is 7.16. The van der Waals surface area contributed by atoms with Gasteiger partial charge < -0.3 is 15.3 Å². The van der Waals surface area contributed by atoms with Gasteiger partial charge in [-0.2, -0.15) is 28.2 Å². The molecule has 0 saturated carbocycles. The maximum atomic E-state index is 4.82. The SMILES string of the molecule is C[N-]C.C[N-]C.C[Si](C)(C)[N-][Si](C)(C)C.C[Si](C)(C)[N]=[Ta]. The number of hydrogen-bond donors (Lipinski definition) is 0. The van der Waals surface area contributed by atoms with Crippen molar-refractivity contribution in [3.05, 3.63) is 15.3 Å². The fourth-order valence-electron chi connectivity index (χ4n) is 1.01. The van der Waals surface area contributed by atoms with E-state index in [0.29, 0.717) is 0 Å². The topological polar surface area (TPSA) is 54.7 Å². The van der Waals surface area contributed by atoms with E-state index in [4.69, 9.17) is 4.65 Å². The monoisotopic (exact) mass is 516 g/mol. The molecule has 0 atom stereocenters. The Morgan fingerprint density at radius 3 is 0.762 bits per heavy atom. The average Bonchev–Trinajstić information content (AvgIpc) is 2.13. The van der Waals surface area contributed by atoms with E-state index >= 15 is 0 Å². The van der Waals surface area contributed by atoms with E-state index in [-0.39, 0.29) is 0 Å². The van der Waals surface area contributed by atoms with Crippen molar-refractivity contribution >= 4 is 24.7 Å². The Labute approximate surface area is 150 Å². The maximum absolute atomic E-state index is 4.82. The van der Waals surface area contributed by atoms with E-state index in [1.54, 1.807) is 28.2 Å². The van der Waals surface area contributed by atoms with Crippen LogP contribution in [0.2, 0.25) is 58.9 Å². The summed E-state index contributed by atoms with van der Waals surface area (Å²) in [5, 5.41) is 7.00. The van der Waals surface area contributed by atoms with Gasteiger partial charge in [-0.3, -0.25) is 0 Å². The molecule has 0 unspecified atom stereocenters. The molecule has 0 aliphatic heterocycles. The minimum atomic E-state index is -1.11. The Morgan fingerprint density at radius 1 is 0.619 bits per heavy atom. The number of nitrogens with zero attached hydrogens (tertiary/aromatic N) is 4. The van der Waals surface area contributed by atoms with Crippen LogP contribution in [0.1, 0.15) is 0 Å². The van der Waals surface area contributed by atoms with Gasteiger partial charge in [-0.25, -0.2) is 0 Å². The van der Waals surface area contributed by atoms with E-state index in [1.165, 1.54) is 20.9 Å². The van der Waals surface area contributed by atoms with Gasteiger partial charge in [0.1, 0.15) is 0 Å². The van der Waals surface area contributed by atoms with Gasteiger partial charge in [0.2, 0.25) is 0 Å². The quantitative estimate of drug-likeness (QED) is 0.425. The molecule has 0 amide bonds. The Balaban J connectivity index is -0.000000104. The molecule has 21 heavy (non-hydrogen) atoms. The zero-order valence-electron chi connectivity index (χ0n) is 16.7. The van der Waals surface area contributed by atoms with Gasteiger partial charge in [-0.1, -0.05) is 55.8 Å². The van der Waals surface area contributed by atoms with E-state index in [0.717, 1.165) is 0 Å². The van der Waals surface area contributed by atoms with Gasteiger partial charge in [-0.15, -0.1) is 0 Å². The van der Waals surface area contributed by atoms with E-state index in [9.17, 15) is 0 Å². The van der Waals surface area contributed by atoms with Crippen LogP contribution in [-0.2, 0) is 20.9 Å². The molecule has 0 fully saturated rings. The summed E-state index contributed by atoms with van der Waals surface area (Å²) in [6.45, 7) is 20.5. The predicted octanol–water partition coefficient (Wildman–Crippen LogP) is 5.82. The normalized spacial score (nSPS) is 10.9.